The minimum Gasteiger partial charge on any atom is -0.438 e. The lowest BCUT2D eigenvalue weighted by molar-refractivity contribution is -0.384. The average Bonchev–Trinajstić information content (AvgIpc) is 2.59. The zero-order valence-corrected chi connectivity index (χ0v) is 7.97. The number of non-ortho nitro benzene ring substituents is 1. The molecule has 0 saturated heterocycles. The van der Waals surface area contributed by atoms with E-state index in [2.05, 4.69) is 4.98 Å². The van der Waals surface area contributed by atoms with E-state index in [1.54, 1.807) is 6.07 Å². The van der Waals surface area contributed by atoms with E-state index < -0.39 is 4.92 Å². The van der Waals surface area contributed by atoms with E-state index in [9.17, 15) is 10.1 Å². The Morgan fingerprint density at radius 1 is 1.60 bits per heavy atom. The van der Waals surface area contributed by atoms with E-state index >= 15 is 0 Å². The molecule has 0 bridgehead atoms. The molecule has 0 aliphatic heterocycles. The average molecular weight is 208 g/mol. The number of nitro groups is 1. The van der Waals surface area contributed by atoms with E-state index in [0.717, 1.165) is 0 Å². The second-order valence-corrected chi connectivity index (χ2v) is 2.95. The number of nitrogens with zero attached hydrogens (tertiary/aromatic N) is 2. The molecule has 6 nitrogen and oxygen atoms in total. The molecule has 0 atom stereocenters. The number of ether oxygens (including phenoxy) is 1. The molecule has 0 aliphatic rings. The van der Waals surface area contributed by atoms with Gasteiger partial charge in [-0.15, -0.1) is 0 Å². The van der Waals surface area contributed by atoms with Crippen LogP contribution >= 0.6 is 0 Å². The van der Waals surface area contributed by atoms with Gasteiger partial charge in [-0.2, -0.15) is 0 Å². The lowest BCUT2D eigenvalue weighted by Gasteiger charge is -1.89. The first kappa shape index (κ1) is 9.60. The minimum absolute atomic E-state index is 0.0115. The normalized spacial score (nSPS) is 10.7. The molecule has 1 heterocycles. The molecule has 0 aliphatic carbocycles. The summed E-state index contributed by atoms with van der Waals surface area (Å²) >= 11 is 0. The predicted octanol–water partition coefficient (Wildman–Crippen LogP) is 1.88. The van der Waals surface area contributed by atoms with E-state index in [0.29, 0.717) is 17.0 Å². The van der Waals surface area contributed by atoms with Crippen molar-refractivity contribution in [1.29, 1.82) is 0 Å². The largest absolute Gasteiger partial charge is 0.438 e. The maximum absolute atomic E-state index is 10.5. The molecule has 0 radical (unpaired) electrons. The number of rotatable bonds is 3. The number of oxazole rings is 1. The summed E-state index contributed by atoms with van der Waals surface area (Å²) in [6.07, 6.45) is 0. The lowest BCUT2D eigenvalue weighted by Crippen LogP contribution is -1.86. The van der Waals surface area contributed by atoms with Crippen molar-refractivity contribution in [1.82, 2.24) is 4.98 Å². The Morgan fingerprint density at radius 3 is 3.07 bits per heavy atom. The maximum atomic E-state index is 10.5. The van der Waals surface area contributed by atoms with Crippen molar-refractivity contribution < 1.29 is 14.1 Å². The summed E-state index contributed by atoms with van der Waals surface area (Å²) in [6, 6.07) is 4.29. The number of methoxy groups -OCH3 is 1. The fourth-order valence-corrected chi connectivity index (χ4v) is 1.26. The molecule has 78 valence electrons. The minimum atomic E-state index is -0.474. The standard InChI is InChI=1S/C9H8N2O4/c1-14-5-9-10-7-3-2-6(11(12)13)4-8(7)15-9/h2-4H,5H2,1H3. The maximum Gasteiger partial charge on any atom is 0.273 e. The molecular formula is C9H8N2O4. The zero-order chi connectivity index (χ0) is 10.8. The van der Waals surface area contributed by atoms with Crippen LogP contribution in [0.4, 0.5) is 5.69 Å². The van der Waals surface area contributed by atoms with Crippen LogP contribution in [0.15, 0.2) is 22.6 Å². The Labute approximate surface area is 84.6 Å². The van der Waals surface area contributed by atoms with Gasteiger partial charge in [0.2, 0.25) is 5.89 Å². The summed E-state index contributed by atoms with van der Waals surface area (Å²) in [5, 5.41) is 10.5. The van der Waals surface area contributed by atoms with E-state index in [1.165, 1.54) is 19.2 Å². The smallest absolute Gasteiger partial charge is 0.273 e. The van der Waals surface area contributed by atoms with Crippen LogP contribution in [0.5, 0.6) is 0 Å². The van der Waals surface area contributed by atoms with Gasteiger partial charge in [-0.25, -0.2) is 4.98 Å². The highest BCUT2D eigenvalue weighted by molar-refractivity contribution is 5.75. The van der Waals surface area contributed by atoms with Gasteiger partial charge in [0.15, 0.2) is 5.58 Å². The highest BCUT2D eigenvalue weighted by atomic mass is 16.6. The Hall–Kier alpha value is -1.95. The first-order chi connectivity index (χ1) is 7.20. The second-order valence-electron chi connectivity index (χ2n) is 2.95. The third-order valence-electron chi connectivity index (χ3n) is 1.89. The van der Waals surface area contributed by atoms with Gasteiger partial charge in [0, 0.05) is 13.2 Å². The lowest BCUT2D eigenvalue weighted by atomic mass is 10.3. The molecule has 6 heteroatoms. The van der Waals surface area contributed by atoms with E-state index in [-0.39, 0.29) is 12.3 Å². The number of hydrogen-bond acceptors (Lipinski definition) is 5. The van der Waals surface area contributed by atoms with Gasteiger partial charge in [-0.3, -0.25) is 10.1 Å². The molecule has 0 unspecified atom stereocenters. The third-order valence-corrected chi connectivity index (χ3v) is 1.89. The monoisotopic (exact) mass is 208 g/mol. The molecule has 2 rings (SSSR count). The molecule has 0 amide bonds. The number of fused-ring (bicyclic) bond motifs is 1. The fraction of sp³-hybridized carbons (Fsp3) is 0.222. The van der Waals surface area contributed by atoms with Gasteiger partial charge in [0.1, 0.15) is 12.1 Å². The summed E-state index contributed by atoms with van der Waals surface area (Å²) in [4.78, 5) is 14.1. The van der Waals surface area contributed by atoms with Crippen molar-refractivity contribution in [2.45, 2.75) is 6.61 Å². The van der Waals surface area contributed by atoms with Crippen LogP contribution in [-0.4, -0.2) is 17.0 Å². The Morgan fingerprint density at radius 2 is 2.40 bits per heavy atom. The van der Waals surface area contributed by atoms with Gasteiger partial charge in [0.25, 0.3) is 5.69 Å². The first-order valence-electron chi connectivity index (χ1n) is 4.23. The molecular weight excluding hydrogens is 200 g/mol. The molecule has 0 N–H and O–H groups in total. The van der Waals surface area contributed by atoms with Crippen LogP contribution < -0.4 is 0 Å². The van der Waals surface area contributed by atoms with Crippen LogP contribution in [-0.2, 0) is 11.3 Å². The molecule has 15 heavy (non-hydrogen) atoms. The summed E-state index contributed by atoms with van der Waals surface area (Å²) in [5.41, 5.74) is 0.978. The molecule has 0 fully saturated rings. The van der Waals surface area contributed by atoms with Crippen molar-refractivity contribution in [3.05, 3.63) is 34.2 Å². The fourth-order valence-electron chi connectivity index (χ4n) is 1.26. The number of benzene rings is 1. The molecule has 2 aromatic rings. The Balaban J connectivity index is 2.47. The van der Waals surface area contributed by atoms with Crippen molar-refractivity contribution in [2.24, 2.45) is 0 Å². The van der Waals surface area contributed by atoms with Gasteiger partial charge >= 0.3 is 0 Å². The van der Waals surface area contributed by atoms with Crippen LogP contribution in [0.25, 0.3) is 11.1 Å². The van der Waals surface area contributed by atoms with E-state index in [4.69, 9.17) is 9.15 Å². The number of hydrogen-bond donors (Lipinski definition) is 0. The quantitative estimate of drug-likeness (QED) is 0.568. The number of nitro benzene ring substituents is 1. The van der Waals surface area contributed by atoms with Gasteiger partial charge < -0.3 is 9.15 Å². The van der Waals surface area contributed by atoms with Crippen LogP contribution in [0.3, 0.4) is 0 Å². The van der Waals surface area contributed by atoms with E-state index in [1.807, 2.05) is 0 Å². The Kier molecular flexibility index (Phi) is 2.34. The molecule has 1 aromatic heterocycles. The SMILES string of the molecule is COCc1nc2ccc([N+](=O)[O-])cc2o1. The molecule has 0 saturated carbocycles. The number of aromatic nitrogens is 1. The highest BCUT2D eigenvalue weighted by Gasteiger charge is 2.11. The topological polar surface area (TPSA) is 78.4 Å². The zero-order valence-electron chi connectivity index (χ0n) is 7.97. The third kappa shape index (κ3) is 1.79. The van der Waals surface area contributed by atoms with Crippen molar-refractivity contribution >= 4 is 16.8 Å². The van der Waals surface area contributed by atoms with Gasteiger partial charge in [-0.05, 0) is 6.07 Å². The highest BCUT2D eigenvalue weighted by Crippen LogP contribution is 2.21. The van der Waals surface area contributed by atoms with Gasteiger partial charge in [0.05, 0.1) is 11.0 Å². The summed E-state index contributed by atoms with van der Waals surface area (Å²) < 4.78 is 10.1. The summed E-state index contributed by atoms with van der Waals surface area (Å²) in [5.74, 6) is 0.410. The van der Waals surface area contributed by atoms with Gasteiger partial charge in [-0.1, -0.05) is 0 Å². The first-order valence-corrected chi connectivity index (χ1v) is 4.23. The molecule has 0 spiro atoms. The molecule has 1 aromatic carbocycles. The summed E-state index contributed by atoms with van der Waals surface area (Å²) in [6.45, 7) is 0.252. The van der Waals surface area contributed by atoms with Crippen molar-refractivity contribution in [3.8, 4) is 0 Å². The van der Waals surface area contributed by atoms with Crippen molar-refractivity contribution in [3.63, 3.8) is 0 Å². The summed E-state index contributed by atoms with van der Waals surface area (Å²) in [7, 11) is 1.53. The Bertz CT molecular complexity index is 506. The van der Waals surface area contributed by atoms with Crippen LogP contribution in [0.1, 0.15) is 5.89 Å². The van der Waals surface area contributed by atoms with Crippen LogP contribution in [0.2, 0.25) is 0 Å². The second kappa shape index (κ2) is 3.66. The predicted molar refractivity (Wildman–Crippen MR) is 51.4 cm³/mol. The van der Waals surface area contributed by atoms with Crippen LogP contribution in [0, 0.1) is 10.1 Å². The van der Waals surface area contributed by atoms with Crippen molar-refractivity contribution in [2.75, 3.05) is 7.11 Å².